The Morgan fingerprint density at radius 3 is 2.51 bits per heavy atom. The van der Waals surface area contributed by atoms with Gasteiger partial charge in [0.25, 0.3) is 0 Å². The van der Waals surface area contributed by atoms with Crippen LogP contribution in [0.5, 0.6) is 11.5 Å². The summed E-state index contributed by atoms with van der Waals surface area (Å²) in [6.07, 6.45) is 4.60. The molecular weight excluding hydrogens is 468 g/mol. The fraction of sp³-hybridized carbons (Fsp3) is 0.500. The summed E-state index contributed by atoms with van der Waals surface area (Å²) in [7, 11) is 3.19. The molecule has 2 heterocycles. The Kier molecular flexibility index (Phi) is 10.4. The van der Waals surface area contributed by atoms with Gasteiger partial charge in [0.05, 0.1) is 26.5 Å². The third kappa shape index (κ3) is 8.00. The van der Waals surface area contributed by atoms with E-state index in [0.29, 0.717) is 53.8 Å². The van der Waals surface area contributed by atoms with Crippen molar-refractivity contribution in [1.29, 1.82) is 0 Å². The van der Waals surface area contributed by atoms with E-state index in [2.05, 4.69) is 28.6 Å². The number of carbonyl (C=O) groups excluding carboxylic acids is 1. The van der Waals surface area contributed by atoms with Gasteiger partial charge in [0.2, 0.25) is 5.91 Å². The van der Waals surface area contributed by atoms with Gasteiger partial charge in [-0.15, -0.1) is 0 Å². The SMILES string of the molecule is C=CC(=O)N1CC[C@H](NC(=NCCN2CCCC2)C(=C(N)C#Cc2cc(OC)cc(OC)c2)C(C)N)C1. The Hall–Kier alpha value is -3.48. The molecule has 0 radical (unpaired) electrons. The lowest BCUT2D eigenvalue weighted by molar-refractivity contribution is -0.125. The summed E-state index contributed by atoms with van der Waals surface area (Å²) in [6, 6.07) is 5.06. The van der Waals surface area contributed by atoms with E-state index < -0.39 is 6.04 Å². The number of methoxy groups -OCH3 is 2. The maximum absolute atomic E-state index is 12.1. The number of hydrogen-bond donors (Lipinski definition) is 3. The minimum Gasteiger partial charge on any atom is -0.497 e. The minimum absolute atomic E-state index is 0.0339. The van der Waals surface area contributed by atoms with E-state index in [4.69, 9.17) is 25.9 Å². The molecule has 37 heavy (non-hydrogen) atoms. The number of carbonyl (C=O) groups is 1. The lowest BCUT2D eigenvalue weighted by Crippen LogP contribution is -2.43. The highest BCUT2D eigenvalue weighted by Crippen LogP contribution is 2.22. The summed E-state index contributed by atoms with van der Waals surface area (Å²) in [4.78, 5) is 21.2. The molecule has 200 valence electrons. The first-order valence-corrected chi connectivity index (χ1v) is 12.8. The number of benzene rings is 1. The zero-order valence-corrected chi connectivity index (χ0v) is 22.3. The molecule has 2 aliphatic heterocycles. The Morgan fingerprint density at radius 2 is 1.92 bits per heavy atom. The number of nitrogens with zero attached hydrogens (tertiary/aromatic N) is 3. The minimum atomic E-state index is -0.403. The van der Waals surface area contributed by atoms with Crippen LogP contribution in [0.3, 0.4) is 0 Å². The predicted molar refractivity (Wildman–Crippen MR) is 148 cm³/mol. The van der Waals surface area contributed by atoms with Gasteiger partial charge in [-0.3, -0.25) is 9.79 Å². The topological polar surface area (TPSA) is 118 Å². The van der Waals surface area contributed by atoms with Gasteiger partial charge in [-0.2, -0.15) is 0 Å². The second-order valence-electron chi connectivity index (χ2n) is 9.36. The third-order valence-electron chi connectivity index (χ3n) is 6.59. The molecule has 1 amide bonds. The third-order valence-corrected chi connectivity index (χ3v) is 6.59. The number of aliphatic imine (C=N–C) groups is 1. The first-order chi connectivity index (χ1) is 17.8. The van der Waals surface area contributed by atoms with E-state index in [9.17, 15) is 4.79 Å². The van der Waals surface area contributed by atoms with Crippen LogP contribution < -0.4 is 26.3 Å². The number of hydrogen-bond acceptors (Lipinski definition) is 7. The van der Waals surface area contributed by atoms with Crippen molar-refractivity contribution < 1.29 is 14.3 Å². The lowest BCUT2D eigenvalue weighted by atomic mass is 10.0. The standard InChI is InChI=1S/C28H40N6O3/c1-5-26(35)34-14-10-22(19-34)32-28(31-11-15-33-12-6-7-13-33)27(20(2)29)25(30)9-8-21-16-23(36-3)18-24(17-21)37-4/h5,16-18,20,22H,1,6-7,10-15,19,29-30H2,2-4H3,(H,31,32)/t20?,22-/m0/s1. The molecule has 2 fully saturated rings. The fourth-order valence-electron chi connectivity index (χ4n) is 4.59. The van der Waals surface area contributed by atoms with E-state index in [1.807, 2.05) is 19.1 Å². The first kappa shape index (κ1) is 28.1. The summed E-state index contributed by atoms with van der Waals surface area (Å²) >= 11 is 0. The molecule has 5 N–H and O–H groups in total. The maximum atomic E-state index is 12.1. The molecule has 0 bridgehead atoms. The largest absolute Gasteiger partial charge is 0.497 e. The van der Waals surface area contributed by atoms with Crippen molar-refractivity contribution in [3.8, 4) is 23.3 Å². The average molecular weight is 509 g/mol. The summed E-state index contributed by atoms with van der Waals surface area (Å²) < 4.78 is 10.7. The van der Waals surface area contributed by atoms with Crippen LogP contribution in [0.4, 0.5) is 0 Å². The van der Waals surface area contributed by atoms with Crippen LogP contribution in [0.1, 0.15) is 31.7 Å². The number of amides is 1. The monoisotopic (exact) mass is 508 g/mol. The van der Waals surface area contributed by atoms with Crippen molar-refractivity contribution in [3.63, 3.8) is 0 Å². The second kappa shape index (κ2) is 13.7. The van der Waals surface area contributed by atoms with E-state index in [-0.39, 0.29) is 11.9 Å². The molecule has 1 aromatic rings. The molecule has 0 aliphatic carbocycles. The van der Waals surface area contributed by atoms with Crippen molar-refractivity contribution in [1.82, 2.24) is 15.1 Å². The van der Waals surface area contributed by atoms with Gasteiger partial charge < -0.3 is 36.1 Å². The van der Waals surface area contributed by atoms with Gasteiger partial charge in [-0.05, 0) is 63.4 Å². The first-order valence-electron chi connectivity index (χ1n) is 12.8. The number of nitrogens with one attached hydrogen (secondary N) is 1. The molecule has 9 heteroatoms. The number of nitrogens with two attached hydrogens (primary N) is 2. The van der Waals surface area contributed by atoms with Crippen LogP contribution in [0, 0.1) is 11.8 Å². The van der Waals surface area contributed by atoms with Crippen molar-refractivity contribution in [3.05, 3.63) is 47.7 Å². The second-order valence-corrected chi connectivity index (χ2v) is 9.36. The van der Waals surface area contributed by atoms with E-state index >= 15 is 0 Å². The van der Waals surface area contributed by atoms with Crippen molar-refractivity contribution in [2.75, 3.05) is 53.5 Å². The highest BCUT2D eigenvalue weighted by Gasteiger charge is 2.27. The molecule has 0 spiro atoms. The van der Waals surface area contributed by atoms with Gasteiger partial charge in [-0.25, -0.2) is 0 Å². The summed E-state index contributed by atoms with van der Waals surface area (Å²) in [5, 5.41) is 3.52. The number of amidine groups is 1. The summed E-state index contributed by atoms with van der Waals surface area (Å²) in [5.41, 5.74) is 14.7. The maximum Gasteiger partial charge on any atom is 0.246 e. The number of rotatable bonds is 9. The van der Waals surface area contributed by atoms with Crippen LogP contribution >= 0.6 is 0 Å². The van der Waals surface area contributed by atoms with Gasteiger partial charge in [0, 0.05) is 48.9 Å². The summed E-state index contributed by atoms with van der Waals surface area (Å²) in [5.74, 6) is 8.02. The van der Waals surface area contributed by atoms with Crippen LogP contribution in [0.25, 0.3) is 0 Å². The van der Waals surface area contributed by atoms with Gasteiger partial charge in [0.1, 0.15) is 17.3 Å². The molecule has 1 unspecified atom stereocenters. The Labute approximate surface area is 220 Å². The molecule has 9 nitrogen and oxygen atoms in total. The number of likely N-dealkylation sites (tertiary alicyclic amines) is 2. The van der Waals surface area contributed by atoms with E-state index in [0.717, 1.165) is 26.1 Å². The van der Waals surface area contributed by atoms with Crippen molar-refractivity contribution >= 4 is 11.7 Å². The molecule has 0 saturated carbocycles. The number of allylic oxidation sites excluding steroid dienone is 1. The lowest BCUT2D eigenvalue weighted by Gasteiger charge is -2.22. The van der Waals surface area contributed by atoms with Gasteiger partial charge in [0.15, 0.2) is 0 Å². The molecule has 2 aliphatic rings. The van der Waals surface area contributed by atoms with Crippen molar-refractivity contribution in [2.45, 2.75) is 38.3 Å². The average Bonchev–Trinajstić information content (AvgIpc) is 3.59. The van der Waals surface area contributed by atoms with E-state index in [1.165, 1.54) is 18.9 Å². The van der Waals surface area contributed by atoms with Gasteiger partial charge >= 0.3 is 0 Å². The molecule has 1 aromatic carbocycles. The Bertz CT molecular complexity index is 1060. The van der Waals surface area contributed by atoms with Crippen LogP contribution in [0.2, 0.25) is 0 Å². The predicted octanol–water partition coefficient (Wildman–Crippen LogP) is 1.49. The fourth-order valence-corrected chi connectivity index (χ4v) is 4.59. The van der Waals surface area contributed by atoms with Crippen LogP contribution in [-0.4, -0.2) is 87.1 Å². The molecular formula is C28H40N6O3. The normalized spacial score (nSPS) is 19.5. The van der Waals surface area contributed by atoms with E-state index in [1.54, 1.807) is 25.2 Å². The zero-order chi connectivity index (χ0) is 26.8. The highest BCUT2D eigenvalue weighted by molar-refractivity contribution is 6.01. The quantitative estimate of drug-likeness (QED) is 0.200. The summed E-state index contributed by atoms with van der Waals surface area (Å²) in [6.45, 7) is 10.4. The van der Waals surface area contributed by atoms with Crippen LogP contribution in [0.15, 0.2) is 47.1 Å². The van der Waals surface area contributed by atoms with Gasteiger partial charge in [-0.1, -0.05) is 12.5 Å². The molecule has 2 saturated heterocycles. The Morgan fingerprint density at radius 1 is 1.24 bits per heavy atom. The smallest absolute Gasteiger partial charge is 0.246 e. The molecule has 2 atom stereocenters. The zero-order valence-electron chi connectivity index (χ0n) is 22.3. The molecule has 0 aromatic heterocycles. The highest BCUT2D eigenvalue weighted by atomic mass is 16.5. The van der Waals surface area contributed by atoms with Crippen molar-refractivity contribution in [2.24, 2.45) is 16.5 Å². The molecule has 3 rings (SSSR count). The van der Waals surface area contributed by atoms with Crippen LogP contribution in [-0.2, 0) is 4.79 Å². The Balaban J connectivity index is 1.89. The number of ether oxygens (including phenoxy) is 2.